The zero-order valence-electron chi connectivity index (χ0n) is 10.6. The van der Waals surface area contributed by atoms with E-state index in [4.69, 9.17) is 5.11 Å². The third kappa shape index (κ3) is 5.30. The summed E-state index contributed by atoms with van der Waals surface area (Å²) in [6, 6.07) is 6.20. The van der Waals surface area contributed by atoms with Gasteiger partial charge in [-0.25, -0.2) is 4.39 Å². The number of nitrogens with one attached hydrogen (secondary N) is 1. The van der Waals surface area contributed by atoms with Gasteiger partial charge in [0, 0.05) is 11.4 Å². The van der Waals surface area contributed by atoms with E-state index in [1.807, 2.05) is 0 Å². The van der Waals surface area contributed by atoms with Crippen LogP contribution in [0.3, 0.4) is 0 Å². The van der Waals surface area contributed by atoms with Crippen LogP contribution in [0.4, 0.5) is 4.39 Å². The molecule has 4 nitrogen and oxygen atoms in total. The first-order chi connectivity index (χ1) is 9.04. The molecule has 2 N–H and O–H groups in total. The molecule has 104 valence electrons. The Labute approximate surface area is 115 Å². The van der Waals surface area contributed by atoms with Crippen molar-refractivity contribution in [1.29, 1.82) is 0 Å². The van der Waals surface area contributed by atoms with Crippen molar-refractivity contribution >= 4 is 23.6 Å². The third-order valence-electron chi connectivity index (χ3n) is 2.58. The number of benzene rings is 1. The number of halogens is 1. The van der Waals surface area contributed by atoms with Gasteiger partial charge in [0.2, 0.25) is 5.91 Å². The SMILES string of the molecule is CCC(CNC(=O)CSc1ccccc1F)C(=O)O. The van der Waals surface area contributed by atoms with Crippen LogP contribution in [0, 0.1) is 11.7 Å². The molecular formula is C13H16FNO3S. The molecule has 0 aromatic heterocycles. The molecule has 0 fully saturated rings. The molecule has 0 aliphatic carbocycles. The molecule has 0 aliphatic rings. The van der Waals surface area contributed by atoms with Crippen LogP contribution in [-0.4, -0.2) is 29.3 Å². The maximum Gasteiger partial charge on any atom is 0.308 e. The molecule has 1 atom stereocenters. The lowest BCUT2D eigenvalue weighted by Gasteiger charge is -2.10. The Balaban J connectivity index is 2.36. The zero-order chi connectivity index (χ0) is 14.3. The van der Waals surface area contributed by atoms with E-state index >= 15 is 0 Å². The molecule has 0 aliphatic heterocycles. The van der Waals surface area contributed by atoms with Crippen molar-refractivity contribution in [3.63, 3.8) is 0 Å². The maximum atomic E-state index is 13.3. The third-order valence-corrected chi connectivity index (χ3v) is 3.63. The van der Waals surface area contributed by atoms with Crippen LogP contribution in [0.25, 0.3) is 0 Å². The van der Waals surface area contributed by atoms with Gasteiger partial charge in [-0.05, 0) is 18.6 Å². The number of carboxylic acid groups (broad SMARTS) is 1. The van der Waals surface area contributed by atoms with Gasteiger partial charge in [-0.1, -0.05) is 19.1 Å². The Morgan fingerprint density at radius 2 is 2.11 bits per heavy atom. The molecule has 1 unspecified atom stereocenters. The monoisotopic (exact) mass is 285 g/mol. The van der Waals surface area contributed by atoms with Gasteiger partial charge < -0.3 is 10.4 Å². The number of carbonyl (C=O) groups excluding carboxylic acids is 1. The van der Waals surface area contributed by atoms with Crippen molar-refractivity contribution in [2.75, 3.05) is 12.3 Å². The highest BCUT2D eigenvalue weighted by Crippen LogP contribution is 2.20. The molecule has 0 bridgehead atoms. The Morgan fingerprint density at radius 3 is 2.68 bits per heavy atom. The minimum atomic E-state index is -0.926. The standard InChI is InChI=1S/C13H16FNO3S/c1-2-9(13(17)18)7-15-12(16)8-19-11-6-4-3-5-10(11)14/h3-6,9H,2,7-8H2,1H3,(H,15,16)(H,17,18). The summed E-state index contributed by atoms with van der Waals surface area (Å²) >= 11 is 1.09. The van der Waals surface area contributed by atoms with Crippen molar-refractivity contribution < 1.29 is 19.1 Å². The van der Waals surface area contributed by atoms with Gasteiger partial charge in [0.1, 0.15) is 5.82 Å². The second kappa shape index (κ2) is 7.78. The smallest absolute Gasteiger partial charge is 0.308 e. The number of hydrogen-bond donors (Lipinski definition) is 2. The van der Waals surface area contributed by atoms with Crippen molar-refractivity contribution in [2.45, 2.75) is 18.2 Å². The van der Waals surface area contributed by atoms with Crippen LogP contribution in [0.15, 0.2) is 29.2 Å². The molecule has 1 aromatic rings. The number of amides is 1. The first-order valence-corrected chi connectivity index (χ1v) is 6.90. The molecule has 1 aromatic carbocycles. The summed E-state index contributed by atoms with van der Waals surface area (Å²) < 4.78 is 13.3. The number of carbonyl (C=O) groups is 2. The molecule has 6 heteroatoms. The minimum Gasteiger partial charge on any atom is -0.481 e. The summed E-state index contributed by atoms with van der Waals surface area (Å²) in [4.78, 5) is 22.7. The van der Waals surface area contributed by atoms with Crippen LogP contribution in [0.2, 0.25) is 0 Å². The van der Waals surface area contributed by atoms with E-state index in [0.717, 1.165) is 11.8 Å². The summed E-state index contributed by atoms with van der Waals surface area (Å²) in [7, 11) is 0. The Kier molecular flexibility index (Phi) is 6.35. The highest BCUT2D eigenvalue weighted by Gasteiger charge is 2.16. The van der Waals surface area contributed by atoms with Gasteiger partial charge in [-0.3, -0.25) is 9.59 Å². The van der Waals surface area contributed by atoms with E-state index < -0.39 is 11.9 Å². The lowest BCUT2D eigenvalue weighted by atomic mass is 10.1. The average Bonchev–Trinajstić information content (AvgIpc) is 2.38. The summed E-state index contributed by atoms with van der Waals surface area (Å²) in [6.45, 7) is 1.85. The van der Waals surface area contributed by atoms with Gasteiger partial charge in [0.15, 0.2) is 0 Å². The van der Waals surface area contributed by atoms with Crippen LogP contribution < -0.4 is 5.32 Å². The lowest BCUT2D eigenvalue weighted by molar-refractivity contribution is -0.141. The Hall–Kier alpha value is -1.56. The molecule has 0 saturated heterocycles. The number of aliphatic carboxylic acids is 1. The topological polar surface area (TPSA) is 66.4 Å². The molecule has 0 heterocycles. The molecule has 19 heavy (non-hydrogen) atoms. The fourth-order valence-corrected chi connectivity index (χ4v) is 2.17. The van der Waals surface area contributed by atoms with Crippen molar-refractivity contribution in [3.8, 4) is 0 Å². The number of hydrogen-bond acceptors (Lipinski definition) is 3. The van der Waals surface area contributed by atoms with Gasteiger partial charge in [-0.15, -0.1) is 11.8 Å². The zero-order valence-corrected chi connectivity index (χ0v) is 11.4. The summed E-state index contributed by atoms with van der Waals surface area (Å²) in [5.74, 6) is -2.10. The van der Waals surface area contributed by atoms with Crippen LogP contribution in [0.1, 0.15) is 13.3 Å². The molecule has 0 spiro atoms. The quantitative estimate of drug-likeness (QED) is 0.753. The molecule has 0 saturated carbocycles. The lowest BCUT2D eigenvalue weighted by Crippen LogP contribution is -2.33. The van der Waals surface area contributed by atoms with E-state index in [1.54, 1.807) is 25.1 Å². The molecule has 1 rings (SSSR count). The molecule has 1 amide bonds. The Bertz CT molecular complexity index is 453. The van der Waals surface area contributed by atoms with E-state index in [0.29, 0.717) is 11.3 Å². The van der Waals surface area contributed by atoms with Crippen LogP contribution in [-0.2, 0) is 9.59 Å². The van der Waals surface area contributed by atoms with Gasteiger partial charge >= 0.3 is 5.97 Å². The fraction of sp³-hybridized carbons (Fsp3) is 0.385. The van der Waals surface area contributed by atoms with Gasteiger partial charge in [-0.2, -0.15) is 0 Å². The Morgan fingerprint density at radius 1 is 1.42 bits per heavy atom. The first kappa shape index (κ1) is 15.5. The number of thioether (sulfide) groups is 1. The maximum absolute atomic E-state index is 13.3. The van der Waals surface area contributed by atoms with E-state index in [2.05, 4.69) is 5.32 Å². The summed E-state index contributed by atoms with van der Waals surface area (Å²) in [6.07, 6.45) is 0.454. The van der Waals surface area contributed by atoms with E-state index in [9.17, 15) is 14.0 Å². The average molecular weight is 285 g/mol. The van der Waals surface area contributed by atoms with E-state index in [-0.39, 0.29) is 24.0 Å². The normalized spacial score (nSPS) is 11.9. The van der Waals surface area contributed by atoms with Crippen molar-refractivity contribution in [1.82, 2.24) is 5.32 Å². The van der Waals surface area contributed by atoms with E-state index in [1.165, 1.54) is 6.07 Å². The van der Waals surface area contributed by atoms with Crippen LogP contribution >= 0.6 is 11.8 Å². The largest absolute Gasteiger partial charge is 0.481 e. The number of carboxylic acids is 1. The highest BCUT2D eigenvalue weighted by atomic mass is 32.2. The van der Waals surface area contributed by atoms with Gasteiger partial charge in [0.05, 0.1) is 11.7 Å². The summed E-state index contributed by atoms with van der Waals surface area (Å²) in [5, 5.41) is 11.4. The second-order valence-corrected chi connectivity index (χ2v) is 4.98. The highest BCUT2D eigenvalue weighted by molar-refractivity contribution is 8.00. The predicted octanol–water partition coefficient (Wildman–Crippen LogP) is 2.14. The van der Waals surface area contributed by atoms with Gasteiger partial charge in [0.25, 0.3) is 0 Å². The molecule has 0 radical (unpaired) electrons. The summed E-state index contributed by atoms with van der Waals surface area (Å²) in [5.41, 5.74) is 0. The van der Waals surface area contributed by atoms with Crippen molar-refractivity contribution in [2.24, 2.45) is 5.92 Å². The number of rotatable bonds is 7. The predicted molar refractivity (Wildman–Crippen MR) is 71.6 cm³/mol. The minimum absolute atomic E-state index is 0.0665. The first-order valence-electron chi connectivity index (χ1n) is 5.91. The van der Waals surface area contributed by atoms with Crippen LogP contribution in [0.5, 0.6) is 0 Å². The fourth-order valence-electron chi connectivity index (χ4n) is 1.40. The van der Waals surface area contributed by atoms with Crippen molar-refractivity contribution in [3.05, 3.63) is 30.1 Å². The molecular weight excluding hydrogens is 269 g/mol. The second-order valence-electron chi connectivity index (χ2n) is 3.97.